The average Bonchev–Trinajstić information content (AvgIpc) is 2.82. The number of benzene rings is 2. The van der Waals surface area contributed by atoms with E-state index in [0.29, 0.717) is 5.75 Å². The van der Waals surface area contributed by atoms with E-state index >= 15 is 0 Å². The van der Waals surface area contributed by atoms with Crippen molar-refractivity contribution in [3.63, 3.8) is 0 Å². The first-order valence-electron chi connectivity index (χ1n) is 5.77. The smallest absolute Gasteiger partial charge is 0.162 e. The molecule has 0 saturated carbocycles. The lowest BCUT2D eigenvalue weighted by molar-refractivity contribution is 0.281. The number of phenolic OH excluding ortho intramolecular Hbond substituents is 1. The van der Waals surface area contributed by atoms with Crippen LogP contribution >= 0.6 is 15.9 Å². The second-order valence-corrected chi connectivity index (χ2v) is 5.02. The molecule has 96 valence electrons. The van der Waals surface area contributed by atoms with Gasteiger partial charge in [0.15, 0.2) is 11.5 Å². The number of halogens is 1. The number of fused-ring (bicyclic) bond motifs is 1. The Morgan fingerprint density at radius 3 is 2.89 bits per heavy atom. The van der Waals surface area contributed by atoms with Crippen molar-refractivity contribution < 1.29 is 9.84 Å². The molecule has 0 aliphatic carbocycles. The molecule has 0 aliphatic rings. The Morgan fingerprint density at radius 1 is 1.21 bits per heavy atom. The van der Waals surface area contributed by atoms with Crippen LogP contribution in [0.4, 0.5) is 0 Å². The van der Waals surface area contributed by atoms with Crippen molar-refractivity contribution in [3.05, 3.63) is 52.8 Å². The Morgan fingerprint density at radius 2 is 2.05 bits per heavy atom. The van der Waals surface area contributed by atoms with Gasteiger partial charge in [-0.15, -0.1) is 0 Å². The molecular weight excluding hydrogens is 308 g/mol. The summed E-state index contributed by atoms with van der Waals surface area (Å²) in [7, 11) is 0. The van der Waals surface area contributed by atoms with Crippen LogP contribution in [0.5, 0.6) is 11.5 Å². The minimum atomic E-state index is 0.110. The van der Waals surface area contributed by atoms with E-state index in [0.717, 1.165) is 21.3 Å². The molecule has 2 N–H and O–H groups in total. The van der Waals surface area contributed by atoms with E-state index in [1.807, 2.05) is 24.3 Å². The van der Waals surface area contributed by atoms with Gasteiger partial charge in [-0.25, -0.2) is 4.98 Å². The average molecular weight is 319 g/mol. The summed E-state index contributed by atoms with van der Waals surface area (Å²) >= 11 is 3.34. The van der Waals surface area contributed by atoms with Crippen molar-refractivity contribution in [2.24, 2.45) is 0 Å². The van der Waals surface area contributed by atoms with Gasteiger partial charge in [-0.05, 0) is 30.3 Å². The number of rotatable bonds is 3. The molecule has 0 unspecified atom stereocenters. The van der Waals surface area contributed by atoms with Gasteiger partial charge in [-0.2, -0.15) is 0 Å². The van der Waals surface area contributed by atoms with E-state index in [1.54, 1.807) is 18.2 Å². The fraction of sp³-hybridized carbons (Fsp3) is 0.0714. The molecule has 0 bridgehead atoms. The van der Waals surface area contributed by atoms with E-state index in [-0.39, 0.29) is 12.4 Å². The Bertz CT molecular complexity index is 691. The van der Waals surface area contributed by atoms with Crippen LogP contribution < -0.4 is 4.74 Å². The third-order valence-corrected chi connectivity index (χ3v) is 3.22. The first-order chi connectivity index (χ1) is 9.22. The van der Waals surface area contributed by atoms with E-state index in [4.69, 9.17) is 4.74 Å². The van der Waals surface area contributed by atoms with Crippen molar-refractivity contribution in [1.29, 1.82) is 0 Å². The normalized spacial score (nSPS) is 10.8. The maximum atomic E-state index is 9.68. The molecular formula is C14H11BrN2O2. The van der Waals surface area contributed by atoms with Gasteiger partial charge in [-0.1, -0.05) is 28.1 Å². The van der Waals surface area contributed by atoms with Gasteiger partial charge in [-0.3, -0.25) is 0 Å². The number of nitrogens with one attached hydrogen (secondary N) is 1. The van der Waals surface area contributed by atoms with Gasteiger partial charge in [0.25, 0.3) is 0 Å². The lowest BCUT2D eigenvalue weighted by Crippen LogP contribution is -1.97. The van der Waals surface area contributed by atoms with Crippen molar-refractivity contribution in [3.8, 4) is 11.5 Å². The first kappa shape index (κ1) is 12.0. The van der Waals surface area contributed by atoms with Crippen LogP contribution in [0.25, 0.3) is 11.0 Å². The molecule has 0 fully saturated rings. The van der Waals surface area contributed by atoms with Crippen molar-refractivity contribution in [2.45, 2.75) is 6.61 Å². The number of aromatic nitrogens is 2. The number of nitrogens with zero attached hydrogens (tertiary/aromatic N) is 1. The van der Waals surface area contributed by atoms with Gasteiger partial charge in [0.2, 0.25) is 0 Å². The lowest BCUT2D eigenvalue weighted by Gasteiger charge is -2.06. The zero-order chi connectivity index (χ0) is 13.2. The Kier molecular flexibility index (Phi) is 3.13. The summed E-state index contributed by atoms with van der Waals surface area (Å²) in [5.74, 6) is 1.26. The van der Waals surface area contributed by atoms with Crippen LogP contribution in [-0.2, 0) is 6.61 Å². The number of aromatic amines is 1. The minimum Gasteiger partial charge on any atom is -0.504 e. The van der Waals surface area contributed by atoms with Crippen molar-refractivity contribution in [1.82, 2.24) is 9.97 Å². The second kappa shape index (κ2) is 4.93. The molecule has 3 aromatic rings. The molecule has 0 amide bonds. The molecule has 1 heterocycles. The van der Waals surface area contributed by atoms with Crippen LogP contribution in [0.15, 0.2) is 46.9 Å². The van der Waals surface area contributed by atoms with Crippen LogP contribution in [0, 0.1) is 0 Å². The summed E-state index contributed by atoms with van der Waals surface area (Å²) in [5.41, 5.74) is 1.87. The van der Waals surface area contributed by atoms with Gasteiger partial charge in [0.1, 0.15) is 12.4 Å². The molecule has 5 heteroatoms. The van der Waals surface area contributed by atoms with Crippen LogP contribution in [0.2, 0.25) is 0 Å². The summed E-state index contributed by atoms with van der Waals surface area (Å²) in [5, 5.41) is 9.68. The highest BCUT2D eigenvalue weighted by Gasteiger charge is 2.06. The highest BCUT2D eigenvalue weighted by molar-refractivity contribution is 9.10. The van der Waals surface area contributed by atoms with Gasteiger partial charge < -0.3 is 14.8 Å². The molecule has 0 spiro atoms. The Labute approximate surface area is 118 Å². The lowest BCUT2D eigenvalue weighted by atomic mass is 10.3. The summed E-state index contributed by atoms with van der Waals surface area (Å²) in [4.78, 5) is 7.58. The van der Waals surface area contributed by atoms with Gasteiger partial charge >= 0.3 is 0 Å². The maximum Gasteiger partial charge on any atom is 0.162 e. The largest absolute Gasteiger partial charge is 0.504 e. The maximum absolute atomic E-state index is 9.68. The zero-order valence-corrected chi connectivity index (χ0v) is 11.5. The number of para-hydroxylation sites is 2. The standard InChI is InChI=1S/C14H11BrN2O2/c15-9-5-6-12(18)13(7-9)19-8-14-16-10-3-1-2-4-11(10)17-14/h1-7,18H,8H2,(H,16,17). The van der Waals surface area contributed by atoms with Crippen LogP contribution in [-0.4, -0.2) is 15.1 Å². The third kappa shape index (κ3) is 2.56. The van der Waals surface area contributed by atoms with E-state index < -0.39 is 0 Å². The molecule has 0 saturated heterocycles. The zero-order valence-electron chi connectivity index (χ0n) is 9.93. The summed E-state index contributed by atoms with van der Waals surface area (Å²) in [6.07, 6.45) is 0. The molecule has 0 aliphatic heterocycles. The van der Waals surface area contributed by atoms with Crippen LogP contribution in [0.1, 0.15) is 5.82 Å². The number of ether oxygens (including phenoxy) is 1. The molecule has 1 aromatic heterocycles. The Hall–Kier alpha value is -2.01. The minimum absolute atomic E-state index is 0.110. The predicted octanol–water partition coefficient (Wildman–Crippen LogP) is 3.61. The fourth-order valence-electron chi connectivity index (χ4n) is 1.82. The first-order valence-corrected chi connectivity index (χ1v) is 6.56. The van der Waals surface area contributed by atoms with E-state index in [9.17, 15) is 5.11 Å². The summed E-state index contributed by atoms with van der Waals surface area (Å²) in [6.45, 7) is 0.276. The number of H-pyrrole nitrogens is 1. The monoisotopic (exact) mass is 318 g/mol. The van der Waals surface area contributed by atoms with Crippen molar-refractivity contribution in [2.75, 3.05) is 0 Å². The molecule has 0 radical (unpaired) electrons. The topological polar surface area (TPSA) is 58.1 Å². The number of hydrogen-bond acceptors (Lipinski definition) is 3. The SMILES string of the molecule is Oc1ccc(Br)cc1OCc1nc2ccccc2[nH]1. The third-order valence-electron chi connectivity index (χ3n) is 2.72. The van der Waals surface area contributed by atoms with Gasteiger partial charge in [0, 0.05) is 4.47 Å². The predicted molar refractivity (Wildman–Crippen MR) is 76.2 cm³/mol. The van der Waals surface area contributed by atoms with Gasteiger partial charge in [0.05, 0.1) is 11.0 Å². The number of phenols is 1. The number of hydrogen-bond donors (Lipinski definition) is 2. The molecule has 3 rings (SSSR count). The number of aromatic hydroxyl groups is 1. The van der Waals surface area contributed by atoms with Crippen LogP contribution in [0.3, 0.4) is 0 Å². The summed E-state index contributed by atoms with van der Waals surface area (Å²) in [6, 6.07) is 12.8. The van der Waals surface area contributed by atoms with Crippen molar-refractivity contribution >= 4 is 27.0 Å². The fourth-order valence-corrected chi connectivity index (χ4v) is 2.16. The highest BCUT2D eigenvalue weighted by atomic mass is 79.9. The molecule has 4 nitrogen and oxygen atoms in total. The second-order valence-electron chi connectivity index (χ2n) is 4.10. The van der Waals surface area contributed by atoms with E-state index in [2.05, 4.69) is 25.9 Å². The summed E-state index contributed by atoms with van der Waals surface area (Å²) < 4.78 is 6.41. The van der Waals surface area contributed by atoms with E-state index in [1.165, 1.54) is 0 Å². The molecule has 19 heavy (non-hydrogen) atoms. The quantitative estimate of drug-likeness (QED) is 0.775. The Balaban J connectivity index is 1.80. The molecule has 2 aromatic carbocycles. The highest BCUT2D eigenvalue weighted by Crippen LogP contribution is 2.29. The number of imidazole rings is 1. The molecule has 0 atom stereocenters.